The molecular formula is C28H35NO4. The second kappa shape index (κ2) is 10.2. The highest BCUT2D eigenvalue weighted by molar-refractivity contribution is 5.98. The van der Waals surface area contributed by atoms with Crippen LogP contribution in [-0.2, 0) is 17.6 Å². The van der Waals surface area contributed by atoms with Crippen molar-refractivity contribution in [2.24, 2.45) is 5.92 Å². The Morgan fingerprint density at radius 1 is 1.03 bits per heavy atom. The first-order chi connectivity index (χ1) is 15.8. The number of ether oxygens (including phenoxy) is 1. The lowest BCUT2D eigenvalue weighted by Gasteiger charge is -2.38. The van der Waals surface area contributed by atoms with Crippen LogP contribution in [0.5, 0.6) is 0 Å². The fourth-order valence-corrected chi connectivity index (χ4v) is 5.04. The summed E-state index contributed by atoms with van der Waals surface area (Å²) in [5.74, 6) is 0.568. The van der Waals surface area contributed by atoms with E-state index in [1.165, 1.54) is 11.1 Å². The Morgan fingerprint density at radius 3 is 2.30 bits per heavy atom. The molecule has 0 aromatic heterocycles. The van der Waals surface area contributed by atoms with Crippen molar-refractivity contribution in [2.75, 3.05) is 19.7 Å². The molecule has 4 rings (SSSR count). The molecule has 5 nitrogen and oxygen atoms in total. The summed E-state index contributed by atoms with van der Waals surface area (Å²) in [6.45, 7) is 5.63. The number of ketones is 1. The summed E-state index contributed by atoms with van der Waals surface area (Å²) >= 11 is 0. The average molecular weight is 450 g/mol. The summed E-state index contributed by atoms with van der Waals surface area (Å²) in [5, 5.41) is 10.4. The zero-order valence-electron chi connectivity index (χ0n) is 19.8. The SMILES string of the molecule is CC1(C)CN(C(=O)c2ccc(C(=O)CCC(O)CCC3Cc4ccccc4C3)cc2)CCO1. The molecule has 1 N–H and O–H groups in total. The number of aliphatic hydroxyl groups excluding tert-OH is 1. The minimum absolute atomic E-state index is 0.00817. The lowest BCUT2D eigenvalue weighted by molar-refractivity contribution is -0.0764. The first kappa shape index (κ1) is 23.7. The van der Waals surface area contributed by atoms with Gasteiger partial charge in [-0.05, 0) is 75.1 Å². The maximum atomic E-state index is 12.8. The number of rotatable bonds is 8. The maximum Gasteiger partial charge on any atom is 0.254 e. The van der Waals surface area contributed by atoms with Crippen molar-refractivity contribution in [3.05, 3.63) is 70.8 Å². The summed E-state index contributed by atoms with van der Waals surface area (Å²) in [6.07, 6.45) is 4.24. The van der Waals surface area contributed by atoms with Crippen LogP contribution in [0.4, 0.5) is 0 Å². The number of nitrogens with zero attached hydrogens (tertiary/aromatic N) is 1. The highest BCUT2D eigenvalue weighted by atomic mass is 16.5. The van der Waals surface area contributed by atoms with E-state index in [-0.39, 0.29) is 17.3 Å². The number of hydrogen-bond donors (Lipinski definition) is 1. The van der Waals surface area contributed by atoms with Gasteiger partial charge in [0.2, 0.25) is 0 Å². The van der Waals surface area contributed by atoms with E-state index in [9.17, 15) is 14.7 Å². The monoisotopic (exact) mass is 449 g/mol. The lowest BCUT2D eigenvalue weighted by atomic mass is 9.95. The molecule has 0 radical (unpaired) electrons. The normalized spacial score (nSPS) is 18.7. The molecule has 1 aliphatic carbocycles. The van der Waals surface area contributed by atoms with Crippen molar-refractivity contribution < 1.29 is 19.4 Å². The Balaban J connectivity index is 1.21. The zero-order valence-corrected chi connectivity index (χ0v) is 19.8. The molecule has 1 atom stereocenters. The minimum Gasteiger partial charge on any atom is -0.393 e. The molecule has 33 heavy (non-hydrogen) atoms. The number of carbonyl (C=O) groups excluding carboxylic acids is 2. The van der Waals surface area contributed by atoms with Gasteiger partial charge in [0.15, 0.2) is 5.78 Å². The quantitative estimate of drug-likeness (QED) is 0.605. The predicted molar refractivity (Wildman–Crippen MR) is 129 cm³/mol. The van der Waals surface area contributed by atoms with Crippen LogP contribution >= 0.6 is 0 Å². The molecule has 2 aromatic rings. The van der Waals surface area contributed by atoms with Gasteiger partial charge in [-0.2, -0.15) is 0 Å². The van der Waals surface area contributed by atoms with E-state index < -0.39 is 6.10 Å². The zero-order chi connectivity index (χ0) is 23.4. The van der Waals surface area contributed by atoms with Crippen molar-refractivity contribution in [3.63, 3.8) is 0 Å². The fraction of sp³-hybridized carbons (Fsp3) is 0.500. The summed E-state index contributed by atoms with van der Waals surface area (Å²) < 4.78 is 5.68. The molecule has 0 saturated carbocycles. The van der Waals surface area contributed by atoms with Crippen molar-refractivity contribution in [2.45, 2.75) is 64.1 Å². The van der Waals surface area contributed by atoms with E-state index in [1.807, 2.05) is 13.8 Å². The van der Waals surface area contributed by atoms with E-state index in [0.717, 1.165) is 25.7 Å². The van der Waals surface area contributed by atoms with E-state index >= 15 is 0 Å². The van der Waals surface area contributed by atoms with Crippen LogP contribution in [0.1, 0.15) is 71.4 Å². The van der Waals surface area contributed by atoms with Gasteiger partial charge in [0.05, 0.1) is 18.3 Å². The van der Waals surface area contributed by atoms with E-state index in [0.29, 0.717) is 49.6 Å². The largest absolute Gasteiger partial charge is 0.393 e. The highest BCUT2D eigenvalue weighted by Gasteiger charge is 2.30. The third-order valence-electron chi connectivity index (χ3n) is 6.92. The fourth-order valence-electron chi connectivity index (χ4n) is 5.04. The third kappa shape index (κ3) is 6.10. The van der Waals surface area contributed by atoms with Crippen LogP contribution in [0.25, 0.3) is 0 Å². The van der Waals surface area contributed by atoms with Crippen LogP contribution in [0.2, 0.25) is 0 Å². The Morgan fingerprint density at radius 2 is 1.67 bits per heavy atom. The number of hydrogen-bond acceptors (Lipinski definition) is 4. The number of Topliss-reactive ketones (excluding diaryl/α,β-unsaturated/α-hetero) is 1. The van der Waals surface area contributed by atoms with Gasteiger partial charge in [-0.15, -0.1) is 0 Å². The smallest absolute Gasteiger partial charge is 0.254 e. The Hall–Kier alpha value is -2.50. The van der Waals surface area contributed by atoms with Crippen LogP contribution in [0, 0.1) is 5.92 Å². The van der Waals surface area contributed by atoms with Crippen LogP contribution in [0.3, 0.4) is 0 Å². The summed E-state index contributed by atoms with van der Waals surface area (Å²) in [4.78, 5) is 27.2. The maximum absolute atomic E-state index is 12.8. The van der Waals surface area contributed by atoms with Crippen molar-refractivity contribution >= 4 is 11.7 Å². The number of amides is 1. The molecule has 2 aliphatic rings. The Labute approximate surface area is 196 Å². The number of benzene rings is 2. The second-order valence-corrected chi connectivity index (χ2v) is 10.1. The summed E-state index contributed by atoms with van der Waals surface area (Å²) in [7, 11) is 0. The van der Waals surface area contributed by atoms with Gasteiger partial charge in [-0.3, -0.25) is 9.59 Å². The van der Waals surface area contributed by atoms with Crippen molar-refractivity contribution in [1.82, 2.24) is 4.90 Å². The lowest BCUT2D eigenvalue weighted by Crippen LogP contribution is -2.50. The molecule has 1 fully saturated rings. The van der Waals surface area contributed by atoms with Gasteiger partial charge in [-0.25, -0.2) is 0 Å². The highest BCUT2D eigenvalue weighted by Crippen LogP contribution is 2.30. The number of aliphatic hydroxyl groups is 1. The molecular weight excluding hydrogens is 414 g/mol. The van der Waals surface area contributed by atoms with Crippen molar-refractivity contribution in [3.8, 4) is 0 Å². The molecule has 0 bridgehead atoms. The predicted octanol–water partition coefficient (Wildman–Crippen LogP) is 4.46. The first-order valence-electron chi connectivity index (χ1n) is 12.1. The summed E-state index contributed by atoms with van der Waals surface area (Å²) in [5.41, 5.74) is 3.71. The van der Waals surface area contributed by atoms with Gasteiger partial charge in [0, 0.05) is 30.6 Å². The van der Waals surface area contributed by atoms with Gasteiger partial charge in [-0.1, -0.05) is 36.4 Å². The first-order valence-corrected chi connectivity index (χ1v) is 12.1. The van der Waals surface area contributed by atoms with Crippen LogP contribution in [-0.4, -0.2) is 53.1 Å². The van der Waals surface area contributed by atoms with Gasteiger partial charge >= 0.3 is 0 Å². The number of morpholine rings is 1. The minimum atomic E-state index is -0.455. The molecule has 1 amide bonds. The standard InChI is InChI=1S/C28H35NO4/c1-28(2)19-29(15-16-33-28)27(32)22-10-8-21(9-11-22)26(31)14-13-25(30)12-7-20-17-23-5-3-4-6-24(23)18-20/h3-6,8-11,20,25,30H,7,12-19H2,1-2H3. The Kier molecular flexibility index (Phi) is 7.30. The van der Waals surface area contributed by atoms with Gasteiger partial charge in [0.1, 0.15) is 0 Å². The molecule has 2 aromatic carbocycles. The molecule has 1 saturated heterocycles. The number of fused-ring (bicyclic) bond motifs is 1. The van der Waals surface area contributed by atoms with E-state index in [2.05, 4.69) is 24.3 Å². The van der Waals surface area contributed by atoms with E-state index in [4.69, 9.17) is 4.74 Å². The third-order valence-corrected chi connectivity index (χ3v) is 6.92. The van der Waals surface area contributed by atoms with Crippen molar-refractivity contribution in [1.29, 1.82) is 0 Å². The average Bonchev–Trinajstić information content (AvgIpc) is 3.23. The second-order valence-electron chi connectivity index (χ2n) is 10.1. The molecule has 1 aliphatic heterocycles. The molecule has 0 spiro atoms. The summed E-state index contributed by atoms with van der Waals surface area (Å²) in [6, 6.07) is 15.5. The van der Waals surface area contributed by atoms with E-state index in [1.54, 1.807) is 29.2 Å². The Bertz CT molecular complexity index is 957. The molecule has 176 valence electrons. The molecule has 1 unspecified atom stereocenters. The van der Waals surface area contributed by atoms with Gasteiger partial charge < -0.3 is 14.7 Å². The number of carbonyl (C=O) groups is 2. The van der Waals surface area contributed by atoms with Crippen LogP contribution < -0.4 is 0 Å². The molecule has 5 heteroatoms. The molecule has 1 heterocycles. The van der Waals surface area contributed by atoms with Crippen LogP contribution in [0.15, 0.2) is 48.5 Å². The van der Waals surface area contributed by atoms with Gasteiger partial charge in [0.25, 0.3) is 5.91 Å². The topological polar surface area (TPSA) is 66.8 Å².